The summed E-state index contributed by atoms with van der Waals surface area (Å²) in [6.45, 7) is 4.37. The summed E-state index contributed by atoms with van der Waals surface area (Å²) in [6.07, 6.45) is 2.18. The van der Waals surface area contributed by atoms with Gasteiger partial charge in [0.2, 0.25) is 0 Å². The lowest BCUT2D eigenvalue weighted by Crippen LogP contribution is -2.16. The van der Waals surface area contributed by atoms with Gasteiger partial charge in [0, 0.05) is 15.3 Å². The van der Waals surface area contributed by atoms with Crippen molar-refractivity contribution in [3.05, 3.63) is 57.2 Å². The number of hydrogen-bond donors (Lipinski definition) is 1. The molecule has 0 aliphatic heterocycles. The quantitative estimate of drug-likeness (QED) is 0.692. The molecule has 3 heteroatoms. The second-order valence-corrected chi connectivity index (χ2v) is 6.56. The summed E-state index contributed by atoms with van der Waals surface area (Å²) in [5, 5.41) is 3.57. The fraction of sp³-hybridized carbons (Fsp3) is 0.333. The van der Waals surface area contributed by atoms with Crippen LogP contribution in [0.1, 0.15) is 24.5 Å². The van der Waals surface area contributed by atoms with Crippen LogP contribution in [-0.2, 0) is 6.42 Å². The van der Waals surface area contributed by atoms with E-state index in [1.807, 2.05) is 12.1 Å². The van der Waals surface area contributed by atoms with E-state index >= 15 is 0 Å². The molecular formula is C18H22INO. The summed E-state index contributed by atoms with van der Waals surface area (Å²) in [4.78, 5) is 0. The predicted octanol–water partition coefficient (Wildman–Crippen LogP) is 5.04. The van der Waals surface area contributed by atoms with Gasteiger partial charge < -0.3 is 10.1 Å². The fourth-order valence-electron chi connectivity index (χ4n) is 2.21. The summed E-state index contributed by atoms with van der Waals surface area (Å²) in [5.41, 5.74) is 3.88. The summed E-state index contributed by atoms with van der Waals surface area (Å²) in [6, 6.07) is 15.3. The third kappa shape index (κ3) is 4.92. The van der Waals surface area contributed by atoms with Crippen LogP contribution in [0.15, 0.2) is 42.5 Å². The van der Waals surface area contributed by atoms with Crippen LogP contribution < -0.4 is 10.1 Å². The van der Waals surface area contributed by atoms with Crippen LogP contribution in [-0.4, -0.2) is 13.2 Å². The maximum atomic E-state index is 5.18. The molecule has 21 heavy (non-hydrogen) atoms. The summed E-state index contributed by atoms with van der Waals surface area (Å²) in [5.74, 6) is 0.916. The number of nitrogens with one attached hydrogen (secondary N) is 1. The number of halogens is 1. The van der Waals surface area contributed by atoms with E-state index in [9.17, 15) is 0 Å². The number of aryl methyl sites for hydroxylation is 2. The van der Waals surface area contributed by atoms with Crippen LogP contribution in [0.4, 0.5) is 5.69 Å². The molecule has 2 rings (SSSR count). The third-order valence-corrected chi connectivity index (χ3v) is 4.77. The van der Waals surface area contributed by atoms with Gasteiger partial charge in [0.1, 0.15) is 5.75 Å². The molecule has 2 aromatic rings. The fourth-order valence-corrected chi connectivity index (χ4v) is 2.73. The topological polar surface area (TPSA) is 21.3 Å². The Hall–Kier alpha value is -1.23. The molecule has 112 valence electrons. The van der Waals surface area contributed by atoms with Crippen LogP contribution >= 0.6 is 22.6 Å². The molecule has 0 bridgehead atoms. The van der Waals surface area contributed by atoms with Gasteiger partial charge in [-0.1, -0.05) is 18.2 Å². The van der Waals surface area contributed by atoms with E-state index in [4.69, 9.17) is 4.74 Å². The number of benzene rings is 2. The lowest BCUT2D eigenvalue weighted by Gasteiger charge is -2.16. The average Bonchev–Trinajstić information content (AvgIpc) is 2.49. The molecule has 2 nitrogen and oxygen atoms in total. The lowest BCUT2D eigenvalue weighted by molar-refractivity contribution is 0.414. The molecule has 0 amide bonds. The molecule has 1 atom stereocenters. The molecule has 0 saturated carbocycles. The minimum absolute atomic E-state index is 0.450. The van der Waals surface area contributed by atoms with Crippen molar-refractivity contribution >= 4 is 28.3 Å². The van der Waals surface area contributed by atoms with Crippen molar-refractivity contribution in [3.63, 3.8) is 0 Å². The molecule has 0 radical (unpaired) electrons. The highest BCUT2D eigenvalue weighted by Crippen LogP contribution is 2.19. The van der Waals surface area contributed by atoms with Gasteiger partial charge in [0.25, 0.3) is 0 Å². The van der Waals surface area contributed by atoms with Crippen LogP contribution in [0.2, 0.25) is 0 Å². The van der Waals surface area contributed by atoms with Crippen LogP contribution in [0, 0.1) is 10.5 Å². The summed E-state index contributed by atoms with van der Waals surface area (Å²) < 4.78 is 6.49. The van der Waals surface area contributed by atoms with E-state index in [2.05, 4.69) is 72.1 Å². The Balaban J connectivity index is 1.86. The largest absolute Gasteiger partial charge is 0.497 e. The molecule has 1 unspecified atom stereocenters. The summed E-state index contributed by atoms with van der Waals surface area (Å²) in [7, 11) is 1.70. The van der Waals surface area contributed by atoms with Crippen LogP contribution in [0.3, 0.4) is 0 Å². The Labute approximate surface area is 141 Å². The first-order valence-electron chi connectivity index (χ1n) is 7.24. The number of methoxy groups -OCH3 is 1. The Bertz CT molecular complexity index is 580. The Morgan fingerprint density at radius 2 is 1.86 bits per heavy atom. The second-order valence-electron chi connectivity index (χ2n) is 5.40. The highest BCUT2D eigenvalue weighted by atomic mass is 127. The van der Waals surface area contributed by atoms with Crippen molar-refractivity contribution in [1.29, 1.82) is 0 Å². The number of rotatable bonds is 6. The first-order valence-corrected chi connectivity index (χ1v) is 8.32. The van der Waals surface area contributed by atoms with Crippen molar-refractivity contribution in [2.24, 2.45) is 0 Å². The van der Waals surface area contributed by atoms with Gasteiger partial charge in [-0.3, -0.25) is 0 Å². The Morgan fingerprint density at radius 1 is 1.14 bits per heavy atom. The lowest BCUT2D eigenvalue weighted by atomic mass is 10.1. The van der Waals surface area contributed by atoms with E-state index in [1.54, 1.807) is 7.11 Å². The standard InChI is InChI=1S/C18H22INO/c1-13-4-9-16(12-18(13)19)20-14(2)5-6-15-7-10-17(21-3)11-8-15/h4,7-12,14,20H,5-6H2,1-3H3. The minimum Gasteiger partial charge on any atom is -0.497 e. The Kier molecular flexibility index (Phi) is 5.91. The van der Waals surface area contributed by atoms with Gasteiger partial charge >= 0.3 is 0 Å². The molecule has 0 aliphatic carbocycles. The van der Waals surface area contributed by atoms with E-state index in [-0.39, 0.29) is 0 Å². The van der Waals surface area contributed by atoms with Crippen LogP contribution in [0.5, 0.6) is 5.75 Å². The molecule has 0 aromatic heterocycles. The number of anilines is 1. The Morgan fingerprint density at radius 3 is 2.48 bits per heavy atom. The number of hydrogen-bond acceptors (Lipinski definition) is 2. The van der Waals surface area contributed by atoms with E-state index < -0.39 is 0 Å². The molecule has 0 fully saturated rings. The van der Waals surface area contributed by atoms with E-state index in [0.717, 1.165) is 18.6 Å². The maximum Gasteiger partial charge on any atom is 0.118 e. The smallest absolute Gasteiger partial charge is 0.118 e. The maximum absolute atomic E-state index is 5.18. The van der Waals surface area contributed by atoms with Gasteiger partial charge in [-0.25, -0.2) is 0 Å². The van der Waals surface area contributed by atoms with Crippen molar-refractivity contribution in [1.82, 2.24) is 0 Å². The predicted molar refractivity (Wildman–Crippen MR) is 98.3 cm³/mol. The van der Waals surface area contributed by atoms with Gasteiger partial charge in [0.15, 0.2) is 0 Å². The van der Waals surface area contributed by atoms with Gasteiger partial charge in [-0.15, -0.1) is 0 Å². The number of ether oxygens (including phenoxy) is 1. The zero-order chi connectivity index (χ0) is 15.2. The van der Waals surface area contributed by atoms with E-state index in [0.29, 0.717) is 6.04 Å². The van der Waals surface area contributed by atoms with Gasteiger partial charge in [-0.05, 0) is 84.7 Å². The SMILES string of the molecule is COc1ccc(CCC(C)Nc2ccc(C)c(I)c2)cc1. The van der Waals surface area contributed by atoms with Gasteiger partial charge in [0.05, 0.1) is 7.11 Å². The zero-order valence-corrected chi connectivity index (χ0v) is 15.0. The molecule has 1 N–H and O–H groups in total. The third-order valence-electron chi connectivity index (χ3n) is 3.61. The molecule has 2 aromatic carbocycles. The van der Waals surface area contributed by atoms with E-state index in [1.165, 1.54) is 20.4 Å². The second kappa shape index (κ2) is 7.69. The minimum atomic E-state index is 0.450. The summed E-state index contributed by atoms with van der Waals surface area (Å²) >= 11 is 2.38. The van der Waals surface area contributed by atoms with Gasteiger partial charge in [-0.2, -0.15) is 0 Å². The van der Waals surface area contributed by atoms with Crippen molar-refractivity contribution in [3.8, 4) is 5.75 Å². The van der Waals surface area contributed by atoms with Crippen molar-refractivity contribution in [2.45, 2.75) is 32.7 Å². The monoisotopic (exact) mass is 395 g/mol. The molecular weight excluding hydrogens is 373 g/mol. The molecule has 0 aliphatic rings. The average molecular weight is 395 g/mol. The molecule has 0 spiro atoms. The van der Waals surface area contributed by atoms with Crippen molar-refractivity contribution < 1.29 is 4.74 Å². The highest BCUT2D eigenvalue weighted by Gasteiger charge is 2.04. The molecule has 0 saturated heterocycles. The first-order chi connectivity index (χ1) is 10.1. The molecule has 0 heterocycles. The highest BCUT2D eigenvalue weighted by molar-refractivity contribution is 14.1. The van der Waals surface area contributed by atoms with Crippen molar-refractivity contribution in [2.75, 3.05) is 12.4 Å². The normalized spacial score (nSPS) is 12.0. The van der Waals surface area contributed by atoms with Crippen LogP contribution in [0.25, 0.3) is 0 Å². The first kappa shape index (κ1) is 16.1. The zero-order valence-electron chi connectivity index (χ0n) is 12.8.